The first-order valence-corrected chi connectivity index (χ1v) is 10.2. The Morgan fingerprint density at radius 3 is 2.38 bits per heavy atom. The van der Waals surface area contributed by atoms with Crippen molar-refractivity contribution in [2.24, 2.45) is 5.10 Å². The summed E-state index contributed by atoms with van der Waals surface area (Å²) in [6.45, 7) is 0. The quantitative estimate of drug-likeness (QED) is 0.286. The van der Waals surface area contributed by atoms with E-state index in [1.54, 1.807) is 11.3 Å². The minimum absolute atomic E-state index is 0.766. The Morgan fingerprint density at radius 2 is 1.59 bits per heavy atom. The number of thiazole rings is 1. The average Bonchev–Trinajstić information content (AvgIpc) is 3.40. The molecule has 29 heavy (non-hydrogen) atoms. The van der Waals surface area contributed by atoms with Crippen molar-refractivity contribution in [1.29, 1.82) is 0 Å². The van der Waals surface area contributed by atoms with Gasteiger partial charge in [0.1, 0.15) is 0 Å². The van der Waals surface area contributed by atoms with E-state index in [2.05, 4.69) is 74.6 Å². The van der Waals surface area contributed by atoms with Gasteiger partial charge >= 0.3 is 0 Å². The molecule has 0 radical (unpaired) electrons. The lowest BCUT2D eigenvalue weighted by Crippen LogP contribution is -1.96. The normalized spacial score (nSPS) is 11.3. The van der Waals surface area contributed by atoms with Gasteiger partial charge in [0.25, 0.3) is 0 Å². The summed E-state index contributed by atoms with van der Waals surface area (Å²) in [5.41, 5.74) is 9.60. The van der Waals surface area contributed by atoms with Crippen LogP contribution < -0.4 is 5.43 Å². The molecule has 0 aliphatic heterocycles. The number of nitrogens with one attached hydrogen (secondary N) is 1. The summed E-state index contributed by atoms with van der Waals surface area (Å²) in [7, 11) is 0. The van der Waals surface area contributed by atoms with E-state index in [1.165, 1.54) is 5.56 Å². The highest BCUT2D eigenvalue weighted by molar-refractivity contribution is 7.14. The Kier molecular flexibility index (Phi) is 4.64. The van der Waals surface area contributed by atoms with Gasteiger partial charge in [-0.05, 0) is 23.8 Å². The minimum atomic E-state index is 0.766. The maximum absolute atomic E-state index is 4.63. The zero-order valence-electron chi connectivity index (χ0n) is 15.6. The third-order valence-corrected chi connectivity index (χ3v) is 5.47. The monoisotopic (exact) mass is 394 g/mol. The molecule has 5 heteroatoms. The predicted molar refractivity (Wildman–Crippen MR) is 122 cm³/mol. The SMILES string of the molecule is C(=N\Nc1nc(-c2ccccc2)cs1)/c1c(-c2ccccc2)cc2ccccn12. The number of hydrazone groups is 1. The van der Waals surface area contributed by atoms with Crippen molar-refractivity contribution < 1.29 is 0 Å². The van der Waals surface area contributed by atoms with Crippen molar-refractivity contribution in [2.75, 3.05) is 5.43 Å². The number of aromatic nitrogens is 2. The Balaban J connectivity index is 1.45. The molecule has 0 saturated carbocycles. The molecule has 0 bridgehead atoms. The highest BCUT2D eigenvalue weighted by atomic mass is 32.1. The number of hydrogen-bond acceptors (Lipinski definition) is 4. The molecule has 0 atom stereocenters. The van der Waals surface area contributed by atoms with Crippen LogP contribution in [-0.2, 0) is 0 Å². The zero-order valence-corrected chi connectivity index (χ0v) is 16.4. The van der Waals surface area contributed by atoms with Crippen LogP contribution in [-0.4, -0.2) is 15.6 Å². The Morgan fingerprint density at radius 1 is 0.862 bits per heavy atom. The minimum Gasteiger partial charge on any atom is -0.315 e. The maximum Gasteiger partial charge on any atom is 0.203 e. The van der Waals surface area contributed by atoms with Gasteiger partial charge in [-0.1, -0.05) is 66.7 Å². The average molecular weight is 395 g/mol. The molecular weight excluding hydrogens is 376 g/mol. The molecule has 5 rings (SSSR count). The lowest BCUT2D eigenvalue weighted by molar-refractivity contribution is 1.18. The van der Waals surface area contributed by atoms with Gasteiger partial charge in [0.2, 0.25) is 5.13 Å². The van der Waals surface area contributed by atoms with Crippen LogP contribution in [0.4, 0.5) is 5.13 Å². The number of hydrogen-bond donors (Lipinski definition) is 1. The predicted octanol–water partition coefficient (Wildman–Crippen LogP) is 6.18. The van der Waals surface area contributed by atoms with Gasteiger partial charge in [-0.25, -0.2) is 4.98 Å². The van der Waals surface area contributed by atoms with Gasteiger partial charge in [-0.2, -0.15) is 5.10 Å². The summed E-state index contributed by atoms with van der Waals surface area (Å²) >= 11 is 1.54. The van der Waals surface area contributed by atoms with Crippen molar-refractivity contribution in [3.8, 4) is 22.4 Å². The van der Waals surface area contributed by atoms with Crippen molar-refractivity contribution >= 4 is 28.2 Å². The van der Waals surface area contributed by atoms with E-state index in [0.717, 1.165) is 33.2 Å². The maximum atomic E-state index is 4.63. The van der Waals surface area contributed by atoms with Gasteiger partial charge in [0, 0.05) is 28.2 Å². The van der Waals surface area contributed by atoms with E-state index in [9.17, 15) is 0 Å². The van der Waals surface area contributed by atoms with Crippen molar-refractivity contribution in [3.63, 3.8) is 0 Å². The third-order valence-electron chi connectivity index (χ3n) is 4.72. The fourth-order valence-corrected chi connectivity index (χ4v) is 4.01. The Labute approximate surface area is 172 Å². The summed E-state index contributed by atoms with van der Waals surface area (Å²) in [6.07, 6.45) is 3.92. The second kappa shape index (κ2) is 7.73. The summed E-state index contributed by atoms with van der Waals surface area (Å²) in [6, 6.07) is 28.9. The molecule has 3 heterocycles. The van der Waals surface area contributed by atoms with Crippen LogP contribution in [0, 0.1) is 0 Å². The topological polar surface area (TPSA) is 41.7 Å². The van der Waals surface area contributed by atoms with Crippen molar-refractivity contribution in [3.05, 3.63) is 102 Å². The first-order valence-electron chi connectivity index (χ1n) is 9.34. The van der Waals surface area contributed by atoms with Crippen molar-refractivity contribution in [2.45, 2.75) is 0 Å². The van der Waals surface area contributed by atoms with E-state index >= 15 is 0 Å². The first kappa shape index (κ1) is 17.4. The van der Waals surface area contributed by atoms with Crippen LogP contribution >= 0.6 is 11.3 Å². The van der Waals surface area contributed by atoms with Gasteiger partial charge in [-0.3, -0.25) is 5.43 Å². The second-order valence-electron chi connectivity index (χ2n) is 6.58. The third kappa shape index (κ3) is 3.56. The molecule has 0 aliphatic carbocycles. The zero-order chi connectivity index (χ0) is 19.5. The van der Waals surface area contributed by atoms with Crippen LogP contribution in [0.5, 0.6) is 0 Å². The Bertz CT molecular complexity index is 1270. The van der Waals surface area contributed by atoms with Crippen LogP contribution in [0.3, 0.4) is 0 Å². The fourth-order valence-electron chi connectivity index (χ4n) is 3.34. The lowest BCUT2D eigenvalue weighted by atomic mass is 10.1. The molecule has 1 N–H and O–H groups in total. The standard InChI is InChI=1S/C24H18N4S/c1-3-9-18(10-4-1)21-15-20-13-7-8-14-28(20)23(21)16-25-27-24-26-22(17-29-24)19-11-5-2-6-12-19/h1-17H,(H,26,27)/b25-16+. The Hall–Kier alpha value is -3.70. The summed E-state index contributed by atoms with van der Waals surface area (Å²) in [5.74, 6) is 0. The number of benzene rings is 2. The van der Waals surface area contributed by atoms with Gasteiger partial charge in [0.15, 0.2) is 0 Å². The molecule has 3 aromatic heterocycles. The number of anilines is 1. The van der Waals surface area contributed by atoms with Gasteiger partial charge < -0.3 is 4.40 Å². The summed E-state index contributed by atoms with van der Waals surface area (Å²) in [5, 5.41) is 7.28. The van der Waals surface area contributed by atoms with E-state index in [4.69, 9.17) is 0 Å². The highest BCUT2D eigenvalue weighted by Gasteiger charge is 2.10. The fraction of sp³-hybridized carbons (Fsp3) is 0. The molecule has 0 aliphatic rings. The second-order valence-corrected chi connectivity index (χ2v) is 7.44. The number of rotatable bonds is 5. The molecule has 0 spiro atoms. The molecule has 5 aromatic rings. The van der Waals surface area contributed by atoms with Gasteiger partial charge in [-0.15, -0.1) is 11.3 Å². The van der Waals surface area contributed by atoms with Gasteiger partial charge in [0.05, 0.1) is 17.6 Å². The lowest BCUT2D eigenvalue weighted by Gasteiger charge is -2.02. The summed E-state index contributed by atoms with van der Waals surface area (Å²) in [4.78, 5) is 4.63. The highest BCUT2D eigenvalue weighted by Crippen LogP contribution is 2.27. The van der Waals surface area contributed by atoms with E-state index < -0.39 is 0 Å². The molecular formula is C24H18N4S. The van der Waals surface area contributed by atoms with Crippen LogP contribution in [0.25, 0.3) is 27.9 Å². The number of fused-ring (bicyclic) bond motifs is 1. The first-order chi connectivity index (χ1) is 14.4. The van der Waals surface area contributed by atoms with E-state index in [1.807, 2.05) is 48.0 Å². The number of pyridine rings is 1. The molecule has 0 saturated heterocycles. The smallest absolute Gasteiger partial charge is 0.203 e. The van der Waals surface area contributed by atoms with E-state index in [-0.39, 0.29) is 0 Å². The molecule has 2 aromatic carbocycles. The molecule has 4 nitrogen and oxygen atoms in total. The van der Waals surface area contributed by atoms with Crippen LogP contribution in [0.2, 0.25) is 0 Å². The molecule has 140 valence electrons. The van der Waals surface area contributed by atoms with Crippen LogP contribution in [0.1, 0.15) is 5.69 Å². The van der Waals surface area contributed by atoms with Crippen LogP contribution in [0.15, 0.2) is 102 Å². The van der Waals surface area contributed by atoms with E-state index in [0.29, 0.717) is 0 Å². The summed E-state index contributed by atoms with van der Waals surface area (Å²) < 4.78 is 2.14. The van der Waals surface area contributed by atoms with Crippen molar-refractivity contribution in [1.82, 2.24) is 9.38 Å². The largest absolute Gasteiger partial charge is 0.315 e. The number of nitrogens with zero attached hydrogens (tertiary/aromatic N) is 3. The molecule has 0 amide bonds. The molecule has 0 unspecified atom stereocenters. The molecule has 0 fully saturated rings.